The largest absolute Gasteiger partial charge is 0.461 e. The van der Waals surface area contributed by atoms with Gasteiger partial charge >= 0.3 is 5.97 Å². The van der Waals surface area contributed by atoms with E-state index < -0.39 is 5.97 Å². The van der Waals surface area contributed by atoms with E-state index in [1.165, 1.54) is 5.01 Å². The van der Waals surface area contributed by atoms with Crippen LogP contribution in [0.1, 0.15) is 17.4 Å². The Labute approximate surface area is 121 Å². The molecule has 2 aromatic rings. The summed E-state index contributed by atoms with van der Waals surface area (Å²) in [6.45, 7) is 2.00. The van der Waals surface area contributed by atoms with E-state index in [9.17, 15) is 4.79 Å². The average Bonchev–Trinajstić information content (AvgIpc) is 2.90. The van der Waals surface area contributed by atoms with Gasteiger partial charge in [-0.25, -0.2) is 9.78 Å². The monoisotopic (exact) mass is 288 g/mol. The normalized spacial score (nSPS) is 10.8. The summed E-state index contributed by atoms with van der Waals surface area (Å²) >= 11 is 0. The summed E-state index contributed by atoms with van der Waals surface area (Å²) in [7, 11) is 3.45. The maximum Gasteiger partial charge on any atom is 0.358 e. The van der Waals surface area contributed by atoms with E-state index in [-0.39, 0.29) is 18.1 Å². The first-order chi connectivity index (χ1) is 10.1. The molecule has 0 aliphatic rings. The molecule has 0 radical (unpaired) electrons. The van der Waals surface area contributed by atoms with Gasteiger partial charge in [0.15, 0.2) is 5.69 Å². The summed E-state index contributed by atoms with van der Waals surface area (Å²) in [5.41, 5.74) is 0.913. The zero-order valence-corrected chi connectivity index (χ0v) is 12.1. The van der Waals surface area contributed by atoms with Crippen molar-refractivity contribution >= 4 is 11.8 Å². The van der Waals surface area contributed by atoms with Crippen molar-refractivity contribution in [1.82, 2.24) is 20.0 Å². The summed E-state index contributed by atoms with van der Waals surface area (Å²) in [4.78, 5) is 23.1. The lowest BCUT2D eigenvalue weighted by Crippen LogP contribution is -2.05. The molecule has 2 aromatic heterocycles. The second-order valence-corrected chi connectivity index (χ2v) is 4.28. The number of nitrogens with one attached hydrogen (secondary N) is 1. The molecule has 1 N–H and O–H groups in total. The zero-order chi connectivity index (χ0) is 15.2. The summed E-state index contributed by atoms with van der Waals surface area (Å²) in [5, 5.41) is 9.31. The Morgan fingerprint density at radius 1 is 1.48 bits per heavy atom. The second kappa shape index (κ2) is 6.60. The summed E-state index contributed by atoms with van der Waals surface area (Å²) in [6, 6.07) is 3.61. The highest BCUT2D eigenvalue weighted by Crippen LogP contribution is 2.23. The molecular weight excluding hydrogens is 272 g/mol. The predicted octanol–water partition coefficient (Wildman–Crippen LogP) is 2.21. The third-order valence-corrected chi connectivity index (χ3v) is 2.42. The van der Waals surface area contributed by atoms with Crippen molar-refractivity contribution in [1.29, 1.82) is 0 Å². The third kappa shape index (κ3) is 3.62. The number of rotatable bonds is 5. The van der Waals surface area contributed by atoms with Crippen LogP contribution in [0.15, 0.2) is 34.9 Å². The van der Waals surface area contributed by atoms with Gasteiger partial charge in [0, 0.05) is 32.1 Å². The van der Waals surface area contributed by atoms with Crippen molar-refractivity contribution in [3.63, 3.8) is 0 Å². The van der Waals surface area contributed by atoms with Gasteiger partial charge in [0.25, 0.3) is 0 Å². The van der Waals surface area contributed by atoms with E-state index in [1.807, 2.05) is 6.07 Å². The molecule has 0 unspecified atom stereocenters. The van der Waals surface area contributed by atoms with Crippen molar-refractivity contribution < 1.29 is 9.53 Å². The summed E-state index contributed by atoms with van der Waals surface area (Å²) in [6.07, 6.45) is 3.30. The fourth-order valence-electron chi connectivity index (χ4n) is 1.55. The van der Waals surface area contributed by atoms with Crippen molar-refractivity contribution in [2.24, 2.45) is 10.3 Å². The first kappa shape index (κ1) is 14.6. The van der Waals surface area contributed by atoms with Gasteiger partial charge in [-0.1, -0.05) is 5.22 Å². The van der Waals surface area contributed by atoms with Crippen molar-refractivity contribution in [2.75, 3.05) is 20.7 Å². The molecule has 0 bridgehead atoms. The fraction of sp³-hybridized carbons (Fsp3) is 0.308. The molecule has 0 aliphatic heterocycles. The Morgan fingerprint density at radius 2 is 2.29 bits per heavy atom. The SMILES string of the molecule is CCOC(=O)c1[nH]c(-c2cccnc2)nc1N=NN(C)C. The maximum atomic E-state index is 11.9. The summed E-state index contributed by atoms with van der Waals surface area (Å²) < 4.78 is 4.98. The predicted molar refractivity (Wildman–Crippen MR) is 76.0 cm³/mol. The topological polar surface area (TPSA) is 95.8 Å². The number of hydrogen-bond acceptors (Lipinski definition) is 6. The van der Waals surface area contributed by atoms with E-state index in [0.29, 0.717) is 5.82 Å². The number of ether oxygens (including phenoxy) is 1. The van der Waals surface area contributed by atoms with E-state index in [1.54, 1.807) is 39.5 Å². The first-order valence-corrected chi connectivity index (χ1v) is 6.38. The maximum absolute atomic E-state index is 11.9. The molecule has 2 rings (SSSR count). The highest BCUT2D eigenvalue weighted by molar-refractivity contribution is 5.92. The Kier molecular flexibility index (Phi) is 4.60. The highest BCUT2D eigenvalue weighted by atomic mass is 16.5. The number of carbonyl (C=O) groups is 1. The van der Waals surface area contributed by atoms with Gasteiger partial charge in [-0.15, -0.1) is 5.11 Å². The van der Waals surface area contributed by atoms with Gasteiger partial charge < -0.3 is 9.72 Å². The molecule has 8 nitrogen and oxygen atoms in total. The number of pyridine rings is 1. The Bertz CT molecular complexity index is 635. The van der Waals surface area contributed by atoms with Gasteiger partial charge in [0.1, 0.15) is 5.82 Å². The Morgan fingerprint density at radius 3 is 2.90 bits per heavy atom. The van der Waals surface area contributed by atoms with Crippen LogP contribution in [0.4, 0.5) is 5.82 Å². The van der Waals surface area contributed by atoms with Crippen LogP contribution in [0, 0.1) is 0 Å². The minimum absolute atomic E-state index is 0.168. The van der Waals surface area contributed by atoms with Crippen LogP contribution >= 0.6 is 0 Å². The van der Waals surface area contributed by atoms with Crippen LogP contribution in [-0.2, 0) is 4.74 Å². The van der Waals surface area contributed by atoms with Crippen LogP contribution in [0.25, 0.3) is 11.4 Å². The number of aromatic amines is 1. The first-order valence-electron chi connectivity index (χ1n) is 6.38. The Balaban J connectivity index is 2.42. The number of esters is 1. The van der Waals surface area contributed by atoms with E-state index >= 15 is 0 Å². The van der Waals surface area contributed by atoms with Crippen LogP contribution < -0.4 is 0 Å². The molecule has 8 heteroatoms. The van der Waals surface area contributed by atoms with E-state index in [2.05, 4.69) is 25.3 Å². The molecule has 21 heavy (non-hydrogen) atoms. The molecule has 0 spiro atoms. The van der Waals surface area contributed by atoms with Crippen LogP contribution in [0.2, 0.25) is 0 Å². The lowest BCUT2D eigenvalue weighted by atomic mass is 10.3. The minimum Gasteiger partial charge on any atom is -0.461 e. The molecule has 2 heterocycles. The average molecular weight is 288 g/mol. The van der Waals surface area contributed by atoms with Crippen molar-refractivity contribution in [2.45, 2.75) is 6.92 Å². The molecule has 0 aromatic carbocycles. The highest BCUT2D eigenvalue weighted by Gasteiger charge is 2.19. The number of imidazole rings is 1. The molecule has 110 valence electrons. The standard InChI is InChI=1S/C13H16N6O2/c1-4-21-13(20)10-12(17-18-19(2)3)16-11(15-10)9-6-5-7-14-8-9/h5-8H,4H2,1-3H3,(H,15,16). The molecule has 0 amide bonds. The van der Waals surface area contributed by atoms with E-state index in [4.69, 9.17) is 4.74 Å². The Hall–Kier alpha value is -2.77. The van der Waals surface area contributed by atoms with Gasteiger partial charge in [-0.2, -0.15) is 0 Å². The molecule has 0 aliphatic carbocycles. The molecular formula is C13H16N6O2. The molecule has 0 atom stereocenters. The fourth-order valence-corrected chi connectivity index (χ4v) is 1.55. The van der Waals surface area contributed by atoms with Crippen LogP contribution in [-0.4, -0.2) is 46.6 Å². The van der Waals surface area contributed by atoms with Gasteiger partial charge in [-0.05, 0) is 19.1 Å². The number of H-pyrrole nitrogens is 1. The third-order valence-electron chi connectivity index (χ3n) is 2.42. The zero-order valence-electron chi connectivity index (χ0n) is 12.1. The number of aromatic nitrogens is 3. The van der Waals surface area contributed by atoms with Crippen LogP contribution in [0.3, 0.4) is 0 Å². The number of carbonyl (C=O) groups excluding carboxylic acids is 1. The quantitative estimate of drug-likeness (QED) is 0.517. The van der Waals surface area contributed by atoms with Crippen molar-refractivity contribution in [3.05, 3.63) is 30.2 Å². The molecule has 0 saturated heterocycles. The smallest absolute Gasteiger partial charge is 0.358 e. The minimum atomic E-state index is -0.521. The second-order valence-electron chi connectivity index (χ2n) is 4.28. The van der Waals surface area contributed by atoms with Gasteiger partial charge in [0.2, 0.25) is 5.82 Å². The lowest BCUT2D eigenvalue weighted by Gasteiger charge is -2.00. The number of hydrogen-bond donors (Lipinski definition) is 1. The van der Waals surface area contributed by atoms with Crippen LogP contribution in [0.5, 0.6) is 0 Å². The van der Waals surface area contributed by atoms with Gasteiger partial charge in [0.05, 0.1) is 6.61 Å². The number of nitrogens with zero attached hydrogens (tertiary/aromatic N) is 5. The van der Waals surface area contributed by atoms with E-state index in [0.717, 1.165) is 5.56 Å². The summed E-state index contributed by atoms with van der Waals surface area (Å²) in [5.74, 6) is 0.146. The lowest BCUT2D eigenvalue weighted by molar-refractivity contribution is 0.0521. The molecule has 0 fully saturated rings. The van der Waals surface area contributed by atoms with Gasteiger partial charge in [-0.3, -0.25) is 9.99 Å². The molecule has 0 saturated carbocycles. The van der Waals surface area contributed by atoms with Crippen molar-refractivity contribution in [3.8, 4) is 11.4 Å².